The summed E-state index contributed by atoms with van der Waals surface area (Å²) in [5, 5.41) is 9.15. The number of anilines is 1. The number of ether oxygens (including phenoxy) is 2. The third kappa shape index (κ3) is 2.57. The van der Waals surface area contributed by atoms with Gasteiger partial charge in [0.1, 0.15) is 5.69 Å². The van der Waals surface area contributed by atoms with Gasteiger partial charge in [-0.3, -0.25) is 0 Å². The SMILES string of the molecule is CC(C)N(C)c1nc2nc(C(=O)O)[nH]c2nc1-c1ccc2c(c1)OCO2. The summed E-state index contributed by atoms with van der Waals surface area (Å²) in [6.45, 7) is 4.25. The van der Waals surface area contributed by atoms with Crippen LogP contribution in [0.3, 0.4) is 0 Å². The molecule has 26 heavy (non-hydrogen) atoms. The van der Waals surface area contributed by atoms with E-state index < -0.39 is 5.97 Å². The first kappa shape index (κ1) is 16.1. The van der Waals surface area contributed by atoms with Crippen LogP contribution in [-0.4, -0.2) is 50.9 Å². The lowest BCUT2D eigenvalue weighted by Gasteiger charge is -2.24. The molecule has 1 aliphatic heterocycles. The van der Waals surface area contributed by atoms with Gasteiger partial charge < -0.3 is 24.5 Å². The third-order valence-electron chi connectivity index (χ3n) is 4.27. The van der Waals surface area contributed by atoms with Crippen molar-refractivity contribution in [3.8, 4) is 22.8 Å². The molecule has 0 unspecified atom stereocenters. The Morgan fingerprint density at radius 1 is 1.23 bits per heavy atom. The van der Waals surface area contributed by atoms with Gasteiger partial charge in [-0.2, -0.15) is 0 Å². The topological polar surface area (TPSA) is 113 Å². The molecule has 2 N–H and O–H groups in total. The predicted molar refractivity (Wildman–Crippen MR) is 93.7 cm³/mol. The van der Waals surface area contributed by atoms with Gasteiger partial charge in [-0.05, 0) is 32.0 Å². The van der Waals surface area contributed by atoms with Crippen LogP contribution >= 0.6 is 0 Å². The summed E-state index contributed by atoms with van der Waals surface area (Å²) >= 11 is 0. The standard InChI is InChI=1S/C17H17N5O4/c1-8(2)22(3)16-12(9-4-5-10-11(6-9)26-7-25-10)18-13-14(21-16)20-15(19-13)17(23)24/h4-6,8H,7H2,1-3H3,(H,23,24)(H,18,19,20,21). The number of benzene rings is 1. The van der Waals surface area contributed by atoms with Crippen LogP contribution in [0.4, 0.5) is 5.82 Å². The van der Waals surface area contributed by atoms with E-state index in [1.807, 2.05) is 44.0 Å². The van der Waals surface area contributed by atoms with Crippen LogP contribution in [-0.2, 0) is 0 Å². The maximum atomic E-state index is 11.2. The van der Waals surface area contributed by atoms with Gasteiger partial charge in [0.2, 0.25) is 12.6 Å². The Morgan fingerprint density at radius 3 is 2.73 bits per heavy atom. The minimum Gasteiger partial charge on any atom is -0.475 e. The summed E-state index contributed by atoms with van der Waals surface area (Å²) in [6, 6.07) is 5.69. The number of nitrogens with zero attached hydrogens (tertiary/aromatic N) is 4. The number of aromatic nitrogens is 4. The Bertz CT molecular complexity index is 1010. The molecule has 0 spiro atoms. The number of rotatable bonds is 4. The lowest BCUT2D eigenvalue weighted by atomic mass is 10.1. The molecule has 0 atom stereocenters. The summed E-state index contributed by atoms with van der Waals surface area (Å²) < 4.78 is 10.8. The van der Waals surface area contributed by atoms with Crippen molar-refractivity contribution in [2.45, 2.75) is 19.9 Å². The molecule has 9 heteroatoms. The van der Waals surface area contributed by atoms with Crippen molar-refractivity contribution in [1.82, 2.24) is 19.9 Å². The first-order chi connectivity index (χ1) is 12.4. The maximum absolute atomic E-state index is 11.2. The molecule has 0 saturated heterocycles. The average molecular weight is 355 g/mol. The number of nitrogens with one attached hydrogen (secondary N) is 1. The molecule has 9 nitrogen and oxygen atoms in total. The van der Waals surface area contributed by atoms with Crippen LogP contribution in [0.5, 0.6) is 11.5 Å². The molecule has 3 aromatic rings. The number of carboxylic acids is 1. The summed E-state index contributed by atoms with van der Waals surface area (Å²) in [6.07, 6.45) is 0. The molecule has 0 radical (unpaired) electrons. The van der Waals surface area contributed by atoms with Gasteiger partial charge in [-0.1, -0.05) is 0 Å². The number of hydrogen-bond donors (Lipinski definition) is 2. The van der Waals surface area contributed by atoms with E-state index in [0.717, 1.165) is 5.56 Å². The van der Waals surface area contributed by atoms with E-state index in [-0.39, 0.29) is 24.3 Å². The Labute approximate surface area is 148 Å². The van der Waals surface area contributed by atoms with E-state index in [1.165, 1.54) is 0 Å². The zero-order chi connectivity index (χ0) is 18.4. The fraction of sp³-hybridized carbons (Fsp3) is 0.294. The molecule has 0 bridgehead atoms. The second kappa shape index (κ2) is 5.87. The minimum absolute atomic E-state index is 0.160. The molecule has 0 amide bonds. The van der Waals surface area contributed by atoms with Gasteiger partial charge in [0.15, 0.2) is 28.6 Å². The van der Waals surface area contributed by atoms with Crippen LogP contribution < -0.4 is 14.4 Å². The fourth-order valence-electron chi connectivity index (χ4n) is 2.66. The monoisotopic (exact) mass is 355 g/mol. The largest absolute Gasteiger partial charge is 0.475 e. The highest BCUT2D eigenvalue weighted by Crippen LogP contribution is 2.38. The highest BCUT2D eigenvalue weighted by molar-refractivity contribution is 5.88. The molecular formula is C17H17N5O4. The normalized spacial score (nSPS) is 12.8. The van der Waals surface area contributed by atoms with E-state index >= 15 is 0 Å². The summed E-state index contributed by atoms with van der Waals surface area (Å²) in [7, 11) is 1.90. The minimum atomic E-state index is -1.16. The van der Waals surface area contributed by atoms with Gasteiger partial charge in [-0.25, -0.2) is 19.7 Å². The van der Waals surface area contributed by atoms with Crippen LogP contribution in [0, 0.1) is 0 Å². The molecular weight excluding hydrogens is 338 g/mol. The lowest BCUT2D eigenvalue weighted by molar-refractivity contribution is 0.0685. The molecule has 4 rings (SSSR count). The number of hydrogen-bond acceptors (Lipinski definition) is 7. The first-order valence-corrected chi connectivity index (χ1v) is 8.08. The smallest absolute Gasteiger partial charge is 0.372 e. The zero-order valence-electron chi connectivity index (χ0n) is 14.5. The highest BCUT2D eigenvalue weighted by Gasteiger charge is 2.22. The van der Waals surface area contributed by atoms with E-state index in [1.54, 1.807) is 0 Å². The third-order valence-corrected chi connectivity index (χ3v) is 4.27. The second-order valence-electron chi connectivity index (χ2n) is 6.23. The Balaban J connectivity index is 1.93. The highest BCUT2D eigenvalue weighted by atomic mass is 16.7. The first-order valence-electron chi connectivity index (χ1n) is 8.08. The van der Waals surface area contributed by atoms with Crippen molar-refractivity contribution in [1.29, 1.82) is 0 Å². The Hall–Kier alpha value is -3.36. The number of imidazole rings is 1. The number of carboxylic acid groups (broad SMARTS) is 1. The van der Waals surface area contributed by atoms with Gasteiger partial charge in [0.05, 0.1) is 0 Å². The summed E-state index contributed by atoms with van der Waals surface area (Å²) in [5.41, 5.74) is 1.97. The van der Waals surface area contributed by atoms with Gasteiger partial charge in [0.25, 0.3) is 0 Å². The van der Waals surface area contributed by atoms with Crippen molar-refractivity contribution in [2.24, 2.45) is 0 Å². The van der Waals surface area contributed by atoms with Crippen molar-refractivity contribution in [3.63, 3.8) is 0 Å². The maximum Gasteiger partial charge on any atom is 0.372 e. The van der Waals surface area contributed by atoms with Crippen LogP contribution in [0.2, 0.25) is 0 Å². The lowest BCUT2D eigenvalue weighted by Crippen LogP contribution is -2.27. The van der Waals surface area contributed by atoms with Crippen LogP contribution in [0.25, 0.3) is 22.6 Å². The molecule has 0 aliphatic carbocycles. The van der Waals surface area contributed by atoms with Gasteiger partial charge in [0, 0.05) is 18.7 Å². The van der Waals surface area contributed by atoms with Crippen molar-refractivity contribution in [3.05, 3.63) is 24.0 Å². The summed E-state index contributed by atoms with van der Waals surface area (Å²) in [5.74, 6) is 0.568. The molecule has 1 aliphatic rings. The zero-order valence-corrected chi connectivity index (χ0v) is 14.5. The van der Waals surface area contributed by atoms with Crippen molar-refractivity contribution in [2.75, 3.05) is 18.7 Å². The summed E-state index contributed by atoms with van der Waals surface area (Å²) in [4.78, 5) is 29.0. The molecule has 134 valence electrons. The molecule has 2 aromatic heterocycles. The van der Waals surface area contributed by atoms with E-state index in [2.05, 4.69) is 19.9 Å². The number of aromatic amines is 1. The van der Waals surface area contributed by atoms with E-state index in [4.69, 9.17) is 14.6 Å². The molecule has 3 heterocycles. The Kier molecular flexibility index (Phi) is 3.64. The van der Waals surface area contributed by atoms with Gasteiger partial charge >= 0.3 is 5.97 Å². The Morgan fingerprint density at radius 2 is 2.00 bits per heavy atom. The molecule has 0 fully saturated rings. The van der Waals surface area contributed by atoms with Crippen molar-refractivity contribution < 1.29 is 19.4 Å². The van der Waals surface area contributed by atoms with Gasteiger partial charge in [-0.15, -0.1) is 0 Å². The van der Waals surface area contributed by atoms with Crippen LogP contribution in [0.15, 0.2) is 18.2 Å². The quantitative estimate of drug-likeness (QED) is 0.733. The number of carbonyl (C=O) groups is 1. The number of H-pyrrole nitrogens is 1. The van der Waals surface area contributed by atoms with E-state index in [0.29, 0.717) is 28.7 Å². The second-order valence-corrected chi connectivity index (χ2v) is 6.23. The predicted octanol–water partition coefficient (Wildman–Crippen LogP) is 2.29. The average Bonchev–Trinajstić information content (AvgIpc) is 3.25. The fourth-order valence-corrected chi connectivity index (χ4v) is 2.66. The molecule has 1 aromatic carbocycles. The van der Waals surface area contributed by atoms with Crippen molar-refractivity contribution >= 4 is 23.1 Å². The van der Waals surface area contributed by atoms with Crippen LogP contribution in [0.1, 0.15) is 24.5 Å². The van der Waals surface area contributed by atoms with E-state index in [9.17, 15) is 4.79 Å². The number of aromatic carboxylic acids is 1. The molecule has 0 saturated carbocycles. The number of fused-ring (bicyclic) bond motifs is 2.